The van der Waals surface area contributed by atoms with E-state index in [0.717, 1.165) is 22.7 Å². The van der Waals surface area contributed by atoms with Gasteiger partial charge in [-0.15, -0.1) is 0 Å². The highest BCUT2D eigenvalue weighted by atomic mass is 32.1. The van der Waals surface area contributed by atoms with Gasteiger partial charge in [-0.1, -0.05) is 42.0 Å². The van der Waals surface area contributed by atoms with Gasteiger partial charge in [-0.2, -0.15) is 4.37 Å². The Labute approximate surface area is 213 Å². The number of anilines is 1. The molecule has 0 saturated heterocycles. The minimum Gasteiger partial charge on any atom is -0.395 e. The maximum Gasteiger partial charge on any atom is 0.270 e. The number of nitrogens with zero attached hydrogens (tertiary/aromatic N) is 2. The van der Waals surface area contributed by atoms with Gasteiger partial charge in [-0.25, -0.2) is 4.39 Å². The fourth-order valence-electron chi connectivity index (χ4n) is 3.78. The quantitative estimate of drug-likeness (QED) is 0.425. The lowest BCUT2D eigenvalue weighted by atomic mass is 10.00. The summed E-state index contributed by atoms with van der Waals surface area (Å²) in [5.41, 5.74) is 12.9. The molecule has 0 bridgehead atoms. The average Bonchev–Trinajstić information content (AvgIpc) is 3.17. The normalized spacial score (nSPS) is 12.1. The third-order valence-electron chi connectivity index (χ3n) is 5.38. The number of carbonyl (C=O) groups excluding carboxylic acids is 3. The first-order chi connectivity index (χ1) is 16.9. The molecule has 190 valence electrons. The monoisotopic (exact) mass is 511 g/mol. The van der Waals surface area contributed by atoms with Crippen LogP contribution in [0, 0.1) is 12.7 Å². The highest BCUT2D eigenvalue weighted by Crippen LogP contribution is 2.30. The van der Waals surface area contributed by atoms with Gasteiger partial charge in [0.15, 0.2) is 5.69 Å². The molecule has 1 heterocycles. The molecule has 5 N–H and O–H groups in total. The van der Waals surface area contributed by atoms with E-state index in [2.05, 4.69) is 9.69 Å². The molecule has 0 fully saturated rings. The summed E-state index contributed by atoms with van der Waals surface area (Å²) >= 11 is 0.746. The minimum absolute atomic E-state index is 0.00344. The van der Waals surface area contributed by atoms with Crippen molar-refractivity contribution in [1.82, 2.24) is 14.6 Å². The van der Waals surface area contributed by atoms with Crippen molar-refractivity contribution >= 4 is 34.9 Å². The fourth-order valence-corrected chi connectivity index (χ4v) is 4.54. The zero-order valence-corrected chi connectivity index (χ0v) is 21.5. The van der Waals surface area contributed by atoms with E-state index in [1.165, 1.54) is 29.2 Å². The molecule has 0 radical (unpaired) electrons. The van der Waals surface area contributed by atoms with Gasteiger partial charge in [0.25, 0.3) is 11.8 Å². The number of carbonyl (C=O) groups is 3. The molecule has 10 heteroatoms. The molecule has 3 rings (SSSR count). The fraction of sp³-hybridized carbons (Fsp3) is 0.308. The Bertz CT molecular complexity index is 1270. The maximum absolute atomic E-state index is 13.9. The summed E-state index contributed by atoms with van der Waals surface area (Å²) in [4.78, 5) is 40.5. The number of primary amides is 1. The third-order valence-corrected chi connectivity index (χ3v) is 6.24. The molecular weight excluding hydrogens is 481 g/mol. The smallest absolute Gasteiger partial charge is 0.270 e. The van der Waals surface area contributed by atoms with Crippen molar-refractivity contribution < 1.29 is 18.8 Å². The van der Waals surface area contributed by atoms with Gasteiger partial charge >= 0.3 is 0 Å². The zero-order chi connectivity index (χ0) is 26.6. The number of nitrogens with one attached hydrogen (secondary N) is 1. The number of amides is 3. The molecule has 3 amide bonds. The summed E-state index contributed by atoms with van der Waals surface area (Å²) in [7, 11) is 0. The van der Waals surface area contributed by atoms with Crippen LogP contribution in [-0.2, 0) is 11.2 Å². The first-order valence-electron chi connectivity index (χ1n) is 11.4. The second-order valence-electron chi connectivity index (χ2n) is 9.57. The number of hydrogen-bond donors (Lipinski definition) is 3. The molecule has 36 heavy (non-hydrogen) atoms. The van der Waals surface area contributed by atoms with Crippen molar-refractivity contribution in [3.63, 3.8) is 0 Å². The van der Waals surface area contributed by atoms with E-state index in [4.69, 9.17) is 11.5 Å². The van der Waals surface area contributed by atoms with Crippen LogP contribution in [0.3, 0.4) is 0 Å². The number of aromatic nitrogens is 1. The van der Waals surface area contributed by atoms with Crippen LogP contribution >= 0.6 is 11.5 Å². The summed E-state index contributed by atoms with van der Waals surface area (Å²) in [6.07, 6.45) is 0.440. The Morgan fingerprint density at radius 3 is 2.36 bits per heavy atom. The predicted octanol–water partition coefficient (Wildman–Crippen LogP) is 3.61. The lowest BCUT2D eigenvalue weighted by molar-refractivity contribution is -0.127. The average molecular weight is 512 g/mol. The van der Waals surface area contributed by atoms with Crippen LogP contribution in [0.2, 0.25) is 0 Å². The zero-order valence-electron chi connectivity index (χ0n) is 20.7. The van der Waals surface area contributed by atoms with Crippen LogP contribution in [0.15, 0.2) is 48.5 Å². The molecule has 0 saturated carbocycles. The number of nitrogens with two attached hydrogens (primary N) is 2. The van der Waals surface area contributed by atoms with Gasteiger partial charge in [0.1, 0.15) is 16.7 Å². The summed E-state index contributed by atoms with van der Waals surface area (Å²) in [5, 5.41) is 2.92. The van der Waals surface area contributed by atoms with E-state index in [0.29, 0.717) is 12.0 Å². The predicted molar refractivity (Wildman–Crippen MR) is 138 cm³/mol. The lowest BCUT2D eigenvalue weighted by Gasteiger charge is -2.33. The minimum atomic E-state index is -1.10. The number of nitrogen functional groups attached to an aromatic ring is 1. The Kier molecular flexibility index (Phi) is 8.09. The van der Waals surface area contributed by atoms with Gasteiger partial charge in [0.2, 0.25) is 5.91 Å². The molecule has 0 aliphatic carbocycles. The molecule has 0 unspecified atom stereocenters. The molecule has 1 atom stereocenters. The number of halogens is 1. The van der Waals surface area contributed by atoms with Crippen molar-refractivity contribution in [1.29, 1.82) is 0 Å². The number of rotatable bonds is 8. The molecule has 8 nitrogen and oxygen atoms in total. The van der Waals surface area contributed by atoms with Gasteiger partial charge in [-0.05, 0) is 68.9 Å². The first-order valence-corrected chi connectivity index (χ1v) is 12.1. The summed E-state index contributed by atoms with van der Waals surface area (Å²) < 4.78 is 17.7. The van der Waals surface area contributed by atoms with Crippen molar-refractivity contribution in [2.45, 2.75) is 45.7 Å². The second-order valence-corrected chi connectivity index (χ2v) is 10.3. The van der Waals surface area contributed by atoms with Gasteiger partial charge in [0, 0.05) is 12.1 Å². The standard InChI is InChI=1S/C26H30FN5O3S/c1-15-6-5-7-16(14-15)12-13-32(25(35)22-19(28)20(23(29)33)31-36-22)21(24(34)30-26(2,3)4)17-8-10-18(27)11-9-17/h5-11,14,21H,12-13,28H2,1-4H3,(H2,29,33)(H,30,34)/t21-/m1/s1. The number of aryl methyl sites for hydroxylation is 1. The van der Waals surface area contributed by atoms with E-state index in [1.54, 1.807) is 0 Å². The van der Waals surface area contributed by atoms with Gasteiger partial charge in [-0.3, -0.25) is 14.4 Å². The molecule has 0 aliphatic heterocycles. The lowest BCUT2D eigenvalue weighted by Crippen LogP contribution is -2.49. The van der Waals surface area contributed by atoms with Crippen LogP contribution in [0.25, 0.3) is 0 Å². The van der Waals surface area contributed by atoms with Crippen molar-refractivity contribution in [3.8, 4) is 0 Å². The second kappa shape index (κ2) is 10.9. The van der Waals surface area contributed by atoms with E-state index in [-0.39, 0.29) is 22.8 Å². The molecule has 0 aliphatic rings. The van der Waals surface area contributed by atoms with Crippen LogP contribution < -0.4 is 16.8 Å². The summed E-state index contributed by atoms with van der Waals surface area (Å²) in [6, 6.07) is 12.1. The number of benzene rings is 2. The van der Waals surface area contributed by atoms with Crippen molar-refractivity contribution in [2.75, 3.05) is 12.3 Å². The van der Waals surface area contributed by atoms with Crippen LogP contribution in [0.4, 0.5) is 10.1 Å². The Morgan fingerprint density at radius 2 is 1.81 bits per heavy atom. The Balaban J connectivity index is 2.10. The SMILES string of the molecule is Cc1cccc(CCN(C(=O)c2snc(C(N)=O)c2N)[C@@H](C(=O)NC(C)(C)C)c2ccc(F)cc2)c1. The highest BCUT2D eigenvalue weighted by molar-refractivity contribution is 7.09. The summed E-state index contributed by atoms with van der Waals surface area (Å²) in [6.45, 7) is 7.59. The van der Waals surface area contributed by atoms with E-state index < -0.39 is 35.1 Å². The third kappa shape index (κ3) is 6.45. The largest absolute Gasteiger partial charge is 0.395 e. The Morgan fingerprint density at radius 1 is 1.14 bits per heavy atom. The van der Waals surface area contributed by atoms with Crippen molar-refractivity contribution in [3.05, 3.63) is 81.6 Å². The van der Waals surface area contributed by atoms with E-state index in [9.17, 15) is 18.8 Å². The molecule has 0 spiro atoms. The first kappa shape index (κ1) is 26.8. The molecule has 2 aromatic carbocycles. The molecular formula is C26H30FN5O3S. The van der Waals surface area contributed by atoms with E-state index in [1.807, 2.05) is 52.0 Å². The molecule has 3 aromatic rings. The Hall–Kier alpha value is -3.79. The topological polar surface area (TPSA) is 131 Å². The van der Waals surface area contributed by atoms with Crippen LogP contribution in [0.1, 0.15) is 63.7 Å². The van der Waals surface area contributed by atoms with Crippen LogP contribution in [-0.4, -0.2) is 39.1 Å². The van der Waals surface area contributed by atoms with Gasteiger partial charge in [0.05, 0.1) is 5.69 Å². The molecule has 1 aromatic heterocycles. The van der Waals surface area contributed by atoms with Crippen molar-refractivity contribution in [2.24, 2.45) is 5.73 Å². The van der Waals surface area contributed by atoms with E-state index >= 15 is 0 Å². The highest BCUT2D eigenvalue weighted by Gasteiger charge is 2.35. The summed E-state index contributed by atoms with van der Waals surface area (Å²) in [5.74, 6) is -2.34. The van der Waals surface area contributed by atoms with Gasteiger partial charge < -0.3 is 21.7 Å². The maximum atomic E-state index is 13.9. The van der Waals surface area contributed by atoms with Crippen LogP contribution in [0.5, 0.6) is 0 Å². The number of hydrogen-bond acceptors (Lipinski definition) is 6.